The van der Waals surface area contributed by atoms with Gasteiger partial charge in [0, 0.05) is 26.2 Å². The van der Waals surface area contributed by atoms with Crippen LogP contribution in [0.4, 0.5) is 5.69 Å². The molecule has 0 unspecified atom stereocenters. The first-order valence-corrected chi connectivity index (χ1v) is 7.00. The van der Waals surface area contributed by atoms with Crippen molar-refractivity contribution in [3.05, 3.63) is 40.4 Å². The first-order chi connectivity index (χ1) is 9.61. The zero-order valence-corrected chi connectivity index (χ0v) is 12.8. The van der Waals surface area contributed by atoms with Crippen LogP contribution < -0.4 is 4.90 Å². The second-order valence-corrected chi connectivity index (χ2v) is 5.12. The van der Waals surface area contributed by atoms with Gasteiger partial charge in [-0.3, -0.25) is 5.10 Å². The number of H-pyrrole nitrogens is 1. The number of hydrogen-bond acceptors (Lipinski definition) is 4. The maximum Gasteiger partial charge on any atom is 0.216 e. The monoisotopic (exact) mass is 289 g/mol. The van der Waals surface area contributed by atoms with Crippen molar-refractivity contribution in [1.29, 1.82) is 0 Å². The van der Waals surface area contributed by atoms with Crippen LogP contribution in [0.5, 0.6) is 0 Å². The molecule has 2 rings (SSSR count). The van der Waals surface area contributed by atoms with Gasteiger partial charge in [-0.2, -0.15) is 14.9 Å². The molecule has 1 heterocycles. The molecule has 0 saturated carbocycles. The SMILES string of the molecule is CCCc1n[nH]c(=S)n1/N=C\c1ccc(N(C)C)cc1. The molecule has 1 aromatic carbocycles. The van der Waals surface area contributed by atoms with E-state index in [-0.39, 0.29) is 0 Å². The van der Waals surface area contributed by atoms with Gasteiger partial charge in [0.25, 0.3) is 0 Å². The lowest BCUT2D eigenvalue weighted by Gasteiger charge is -2.11. The highest BCUT2D eigenvalue weighted by Gasteiger charge is 2.03. The largest absolute Gasteiger partial charge is 0.378 e. The molecule has 0 aliphatic carbocycles. The summed E-state index contributed by atoms with van der Waals surface area (Å²) in [5, 5.41) is 11.4. The van der Waals surface area contributed by atoms with Crippen LogP contribution >= 0.6 is 12.2 Å². The van der Waals surface area contributed by atoms with Gasteiger partial charge in [-0.05, 0) is 36.3 Å². The van der Waals surface area contributed by atoms with Crippen LogP contribution in [-0.4, -0.2) is 35.2 Å². The Morgan fingerprint density at radius 3 is 2.65 bits per heavy atom. The van der Waals surface area contributed by atoms with Gasteiger partial charge in [-0.15, -0.1) is 0 Å². The van der Waals surface area contributed by atoms with Gasteiger partial charge in [-0.25, -0.2) is 0 Å². The highest BCUT2D eigenvalue weighted by Crippen LogP contribution is 2.11. The Labute approximate surface area is 123 Å². The Morgan fingerprint density at radius 2 is 2.05 bits per heavy atom. The maximum atomic E-state index is 5.18. The molecule has 5 nitrogen and oxygen atoms in total. The van der Waals surface area contributed by atoms with Gasteiger partial charge in [-0.1, -0.05) is 19.1 Å². The van der Waals surface area contributed by atoms with Crippen molar-refractivity contribution in [1.82, 2.24) is 14.9 Å². The Balaban J connectivity index is 2.21. The van der Waals surface area contributed by atoms with Crippen LogP contribution in [0.15, 0.2) is 29.4 Å². The van der Waals surface area contributed by atoms with Gasteiger partial charge in [0.2, 0.25) is 4.77 Å². The average Bonchev–Trinajstić information content (AvgIpc) is 2.78. The number of aromatic nitrogens is 3. The number of hydrogen-bond donors (Lipinski definition) is 1. The number of nitrogens with one attached hydrogen (secondary N) is 1. The quantitative estimate of drug-likeness (QED) is 0.680. The van der Waals surface area contributed by atoms with Gasteiger partial charge in [0.15, 0.2) is 5.82 Å². The lowest BCUT2D eigenvalue weighted by Crippen LogP contribution is -2.08. The fourth-order valence-electron chi connectivity index (χ4n) is 1.81. The van der Waals surface area contributed by atoms with Crippen molar-refractivity contribution < 1.29 is 0 Å². The van der Waals surface area contributed by atoms with Crippen LogP contribution in [0, 0.1) is 4.77 Å². The summed E-state index contributed by atoms with van der Waals surface area (Å²) in [6, 6.07) is 8.18. The molecule has 0 spiro atoms. The summed E-state index contributed by atoms with van der Waals surface area (Å²) >= 11 is 5.18. The van der Waals surface area contributed by atoms with Crippen molar-refractivity contribution in [2.75, 3.05) is 19.0 Å². The second kappa shape index (κ2) is 6.47. The van der Waals surface area contributed by atoms with Crippen molar-refractivity contribution in [2.45, 2.75) is 19.8 Å². The molecule has 106 valence electrons. The predicted octanol–water partition coefficient (Wildman–Crippen LogP) is 2.84. The van der Waals surface area contributed by atoms with Crippen molar-refractivity contribution >= 4 is 24.1 Å². The van der Waals surface area contributed by atoms with E-state index in [9.17, 15) is 0 Å². The number of nitrogens with zero attached hydrogens (tertiary/aromatic N) is 4. The maximum absolute atomic E-state index is 5.18. The Hall–Kier alpha value is -1.95. The number of rotatable bonds is 5. The van der Waals surface area contributed by atoms with Crippen molar-refractivity contribution in [3.63, 3.8) is 0 Å². The van der Waals surface area contributed by atoms with Gasteiger partial charge in [0.05, 0.1) is 6.21 Å². The van der Waals surface area contributed by atoms with E-state index in [4.69, 9.17) is 12.2 Å². The van der Waals surface area contributed by atoms with E-state index in [1.165, 1.54) is 0 Å². The fourth-order valence-corrected chi connectivity index (χ4v) is 2.01. The highest BCUT2D eigenvalue weighted by atomic mass is 32.1. The zero-order chi connectivity index (χ0) is 14.5. The Morgan fingerprint density at radius 1 is 1.35 bits per heavy atom. The Kier molecular flexibility index (Phi) is 4.68. The molecular weight excluding hydrogens is 270 g/mol. The third-order valence-corrected chi connectivity index (χ3v) is 3.19. The van der Waals surface area contributed by atoms with Gasteiger partial charge >= 0.3 is 0 Å². The van der Waals surface area contributed by atoms with E-state index in [1.54, 1.807) is 10.9 Å². The zero-order valence-electron chi connectivity index (χ0n) is 12.0. The minimum absolute atomic E-state index is 0.523. The number of benzene rings is 1. The molecule has 20 heavy (non-hydrogen) atoms. The first-order valence-electron chi connectivity index (χ1n) is 6.60. The molecule has 0 saturated heterocycles. The van der Waals surface area contributed by atoms with Crippen LogP contribution in [0.2, 0.25) is 0 Å². The van der Waals surface area contributed by atoms with E-state index < -0.39 is 0 Å². The molecule has 1 N–H and O–H groups in total. The summed E-state index contributed by atoms with van der Waals surface area (Å²) in [4.78, 5) is 2.06. The van der Waals surface area contributed by atoms with E-state index in [0.717, 1.165) is 29.9 Å². The lowest BCUT2D eigenvalue weighted by molar-refractivity contribution is 0.740. The topological polar surface area (TPSA) is 49.2 Å². The van der Waals surface area contributed by atoms with Crippen LogP contribution in [-0.2, 0) is 6.42 Å². The van der Waals surface area contributed by atoms with Crippen LogP contribution in [0.3, 0.4) is 0 Å². The number of aryl methyl sites for hydroxylation is 1. The summed E-state index contributed by atoms with van der Waals surface area (Å²) < 4.78 is 2.20. The summed E-state index contributed by atoms with van der Waals surface area (Å²) in [6.07, 6.45) is 3.65. The lowest BCUT2D eigenvalue weighted by atomic mass is 10.2. The first kappa shape index (κ1) is 14.5. The van der Waals surface area contributed by atoms with Crippen molar-refractivity contribution in [2.24, 2.45) is 5.10 Å². The van der Waals surface area contributed by atoms with Crippen LogP contribution in [0.1, 0.15) is 24.7 Å². The smallest absolute Gasteiger partial charge is 0.216 e. The molecule has 0 fully saturated rings. The summed E-state index contributed by atoms with van der Waals surface area (Å²) in [5.41, 5.74) is 2.19. The average molecular weight is 289 g/mol. The molecule has 6 heteroatoms. The van der Waals surface area contributed by atoms with E-state index >= 15 is 0 Å². The summed E-state index contributed by atoms with van der Waals surface area (Å²) in [7, 11) is 4.04. The minimum atomic E-state index is 0.523. The third-order valence-electron chi connectivity index (χ3n) is 2.92. The molecule has 0 aliphatic rings. The standard InChI is InChI=1S/C14H19N5S/c1-4-5-13-16-17-14(20)19(13)15-10-11-6-8-12(9-7-11)18(2)3/h6-10H,4-5H2,1-3H3,(H,17,20)/b15-10-. The summed E-state index contributed by atoms with van der Waals surface area (Å²) in [5.74, 6) is 0.860. The van der Waals surface area contributed by atoms with Gasteiger partial charge in [0.1, 0.15) is 0 Å². The molecular formula is C14H19N5S. The fraction of sp³-hybridized carbons (Fsp3) is 0.357. The number of anilines is 1. The van der Waals surface area contributed by atoms with E-state index in [2.05, 4.69) is 39.3 Å². The third kappa shape index (κ3) is 3.33. The number of aromatic amines is 1. The molecule has 0 radical (unpaired) electrons. The van der Waals surface area contributed by atoms with E-state index in [1.807, 2.05) is 26.2 Å². The van der Waals surface area contributed by atoms with Crippen LogP contribution in [0.25, 0.3) is 0 Å². The van der Waals surface area contributed by atoms with Gasteiger partial charge < -0.3 is 4.90 Å². The molecule has 0 amide bonds. The predicted molar refractivity (Wildman–Crippen MR) is 85.2 cm³/mol. The summed E-state index contributed by atoms with van der Waals surface area (Å²) in [6.45, 7) is 2.10. The molecule has 0 bridgehead atoms. The van der Waals surface area contributed by atoms with E-state index in [0.29, 0.717) is 4.77 Å². The normalized spacial score (nSPS) is 11.2. The molecule has 0 aliphatic heterocycles. The van der Waals surface area contributed by atoms with Crippen molar-refractivity contribution in [3.8, 4) is 0 Å². The molecule has 2 aromatic rings. The molecule has 0 atom stereocenters. The highest BCUT2D eigenvalue weighted by molar-refractivity contribution is 7.71. The minimum Gasteiger partial charge on any atom is -0.378 e. The molecule has 1 aromatic heterocycles. The Bertz CT molecular complexity index is 636. The second-order valence-electron chi connectivity index (χ2n) is 4.74.